The van der Waals surface area contributed by atoms with E-state index in [1.165, 1.54) is 50.2 Å². The van der Waals surface area contributed by atoms with Crippen molar-refractivity contribution in [2.75, 3.05) is 16.5 Å². The molecule has 1 aliphatic heterocycles. The first-order chi connectivity index (χ1) is 30.3. The summed E-state index contributed by atoms with van der Waals surface area (Å²) in [5, 5.41) is 2.34. The first-order valence-corrected chi connectivity index (χ1v) is 22.7. The fourth-order valence-corrected chi connectivity index (χ4v) is 9.05. The lowest BCUT2D eigenvalue weighted by molar-refractivity contribution is 0.477. The summed E-state index contributed by atoms with van der Waals surface area (Å²) in [5.74, 6) is 2.46. The predicted octanol–water partition coefficient (Wildman–Crippen LogP) is 15.7. The van der Waals surface area contributed by atoms with Gasteiger partial charge in [0, 0.05) is 63.2 Å². The van der Waals surface area contributed by atoms with Gasteiger partial charge in [-0.3, -0.25) is 4.57 Å². The van der Waals surface area contributed by atoms with Gasteiger partial charge in [0.15, 0.2) is 0 Å². The third kappa shape index (κ3) is 8.20. The Kier molecular flexibility index (Phi) is 10.6. The zero-order valence-corrected chi connectivity index (χ0v) is 39.5. The van der Waals surface area contributed by atoms with E-state index in [2.05, 4.69) is 248 Å². The molecule has 0 radical (unpaired) electrons. The summed E-state index contributed by atoms with van der Waals surface area (Å²) >= 11 is 0. The molecule has 0 spiro atoms. The molecule has 3 heterocycles. The molecule has 324 valence electrons. The van der Waals surface area contributed by atoms with Crippen LogP contribution >= 0.6 is 0 Å². The second-order valence-corrected chi connectivity index (χ2v) is 21.2. The van der Waals surface area contributed by atoms with Crippen LogP contribution in [0, 0.1) is 5.41 Å². The minimum atomic E-state index is -0.211. The van der Waals surface area contributed by atoms with Gasteiger partial charge in [-0.2, -0.15) is 0 Å². The molecule has 9 rings (SSSR count). The molecule has 6 aromatic carbocycles. The zero-order chi connectivity index (χ0) is 45.2. The number of hydrogen-bond donors (Lipinski definition) is 0. The van der Waals surface area contributed by atoms with E-state index in [1.54, 1.807) is 0 Å². The topological polar surface area (TPSA) is 33.5 Å². The Hall–Kier alpha value is -6.59. The van der Waals surface area contributed by atoms with Crippen molar-refractivity contribution < 1.29 is 4.74 Å². The van der Waals surface area contributed by atoms with E-state index in [9.17, 15) is 0 Å². The van der Waals surface area contributed by atoms with Gasteiger partial charge in [-0.05, 0) is 98.8 Å². The molecule has 0 amide bonds. The van der Waals surface area contributed by atoms with Crippen LogP contribution in [0.15, 0.2) is 170 Å². The van der Waals surface area contributed by atoms with Crippen molar-refractivity contribution in [3.63, 3.8) is 0 Å². The van der Waals surface area contributed by atoms with Crippen LogP contribution in [-0.2, 0) is 16.2 Å². The highest BCUT2D eigenvalue weighted by molar-refractivity contribution is 6.09. The van der Waals surface area contributed by atoms with Gasteiger partial charge in [-0.25, -0.2) is 4.98 Å². The van der Waals surface area contributed by atoms with Gasteiger partial charge >= 0.3 is 0 Å². The molecule has 0 saturated heterocycles. The summed E-state index contributed by atoms with van der Waals surface area (Å²) in [4.78, 5) is 9.89. The first kappa shape index (κ1) is 42.7. The van der Waals surface area contributed by atoms with Gasteiger partial charge in [-0.1, -0.05) is 161 Å². The van der Waals surface area contributed by atoms with Crippen LogP contribution in [0.5, 0.6) is 11.5 Å². The molecule has 0 bridgehead atoms. The summed E-state index contributed by atoms with van der Waals surface area (Å²) in [6.45, 7) is 25.9. The number of benzene rings is 6. The molecule has 0 fully saturated rings. The lowest BCUT2D eigenvalue weighted by atomic mass is 9.78. The van der Waals surface area contributed by atoms with Crippen LogP contribution in [0.25, 0.3) is 38.8 Å². The molecule has 0 aliphatic carbocycles. The Bertz CT molecular complexity index is 3030. The largest absolute Gasteiger partial charge is 0.457 e. The highest BCUT2D eigenvalue weighted by Gasteiger charge is 2.33. The van der Waals surface area contributed by atoms with Gasteiger partial charge in [0.25, 0.3) is 0 Å². The van der Waals surface area contributed by atoms with Crippen molar-refractivity contribution in [3.8, 4) is 28.4 Å². The number of nitrogens with zero attached hydrogens (tertiary/aromatic N) is 4. The van der Waals surface area contributed by atoms with Crippen LogP contribution in [0.3, 0.4) is 0 Å². The van der Waals surface area contributed by atoms with Crippen molar-refractivity contribution in [2.45, 2.75) is 92.4 Å². The highest BCUT2D eigenvalue weighted by Crippen LogP contribution is 2.44. The van der Waals surface area contributed by atoms with E-state index in [-0.39, 0.29) is 21.7 Å². The van der Waals surface area contributed by atoms with Crippen LogP contribution < -0.4 is 14.5 Å². The molecule has 0 unspecified atom stereocenters. The number of para-hydroxylation sites is 1. The molecular weight excluding hydrogens is 781 g/mol. The number of anilines is 2. The number of ether oxygens (including phenoxy) is 1. The van der Waals surface area contributed by atoms with Crippen LogP contribution in [0.2, 0.25) is 0 Å². The second-order valence-electron chi connectivity index (χ2n) is 21.2. The summed E-state index contributed by atoms with van der Waals surface area (Å²) in [5.41, 5.74) is 12.7. The SMILES string of the molecule is CC(C)(C)C1=CN(c2cc(-c3ccccc3)cc(C(C)(C)C)c2)CN1c1cc(Oc2ccc3c4ccccc4n(-c4cc(C(C)(C)c5ccccc5)ccn4)c3c2)cc(C(C)(C)C)c1. The van der Waals surface area contributed by atoms with E-state index < -0.39 is 0 Å². The van der Waals surface area contributed by atoms with Crippen LogP contribution in [0.4, 0.5) is 11.4 Å². The van der Waals surface area contributed by atoms with E-state index in [1.807, 2.05) is 6.20 Å². The van der Waals surface area contributed by atoms with E-state index in [0.717, 1.165) is 39.4 Å². The number of pyridine rings is 1. The smallest absolute Gasteiger partial charge is 0.137 e. The normalized spacial score (nSPS) is 13.8. The quantitative estimate of drug-likeness (QED) is 0.153. The standard InChI is InChI=1S/C59H62N4O/c1-56(2,3)44-30-41(40-20-14-12-15-21-40)31-46(32-44)61-38-54(58(7,8)9)62(39-61)47-33-45(57(4,5)6)34-49(36-47)64-48-26-27-51-50-24-18-19-25-52(50)63(53(51)37-48)55-35-43(28-29-60-55)59(10,11)42-22-16-13-17-23-42/h12-38H,39H2,1-11H3. The molecule has 0 saturated carbocycles. The summed E-state index contributed by atoms with van der Waals surface area (Å²) < 4.78 is 9.29. The van der Waals surface area contributed by atoms with Crippen molar-refractivity contribution in [1.82, 2.24) is 9.55 Å². The van der Waals surface area contributed by atoms with Gasteiger partial charge in [0.1, 0.15) is 17.3 Å². The van der Waals surface area contributed by atoms with Gasteiger partial charge in [0.2, 0.25) is 0 Å². The summed E-state index contributed by atoms with van der Waals surface area (Å²) in [6, 6.07) is 54.8. The monoisotopic (exact) mass is 842 g/mol. The lowest BCUT2D eigenvalue weighted by Crippen LogP contribution is -2.31. The van der Waals surface area contributed by atoms with Crippen LogP contribution in [0.1, 0.15) is 98.4 Å². The second kappa shape index (κ2) is 15.9. The minimum absolute atomic E-state index is 0.0139. The van der Waals surface area contributed by atoms with Gasteiger partial charge in [-0.15, -0.1) is 0 Å². The summed E-state index contributed by atoms with van der Waals surface area (Å²) in [7, 11) is 0. The molecule has 2 aromatic heterocycles. The molecule has 8 aromatic rings. The first-order valence-electron chi connectivity index (χ1n) is 22.7. The number of aromatic nitrogens is 2. The third-order valence-corrected chi connectivity index (χ3v) is 13.0. The minimum Gasteiger partial charge on any atom is -0.457 e. The van der Waals surface area contributed by atoms with E-state index >= 15 is 0 Å². The number of fused-ring (bicyclic) bond motifs is 3. The predicted molar refractivity (Wildman–Crippen MR) is 270 cm³/mol. The maximum atomic E-state index is 7.00. The van der Waals surface area contributed by atoms with Crippen molar-refractivity contribution in [1.29, 1.82) is 0 Å². The Morgan fingerprint density at radius 3 is 1.81 bits per heavy atom. The average Bonchev–Trinajstić information content (AvgIpc) is 3.87. The Morgan fingerprint density at radius 1 is 0.469 bits per heavy atom. The average molecular weight is 843 g/mol. The fraction of sp³-hybridized carbons (Fsp3) is 0.271. The van der Waals surface area contributed by atoms with Crippen molar-refractivity contribution in [2.24, 2.45) is 5.41 Å². The Balaban J connectivity index is 1.11. The fourth-order valence-electron chi connectivity index (χ4n) is 9.05. The number of rotatable bonds is 8. The highest BCUT2D eigenvalue weighted by atomic mass is 16.5. The lowest BCUT2D eigenvalue weighted by Gasteiger charge is -2.32. The molecule has 0 atom stereocenters. The molecule has 1 aliphatic rings. The molecule has 5 heteroatoms. The number of allylic oxidation sites excluding steroid dienone is 1. The Labute approximate surface area is 380 Å². The number of hydrogen-bond acceptors (Lipinski definition) is 4. The van der Waals surface area contributed by atoms with E-state index in [0.29, 0.717) is 6.67 Å². The van der Waals surface area contributed by atoms with Crippen LogP contribution in [-0.4, -0.2) is 16.2 Å². The molecule has 64 heavy (non-hydrogen) atoms. The third-order valence-electron chi connectivity index (χ3n) is 13.0. The molecule has 0 N–H and O–H groups in total. The zero-order valence-electron chi connectivity index (χ0n) is 39.5. The summed E-state index contributed by atoms with van der Waals surface area (Å²) in [6.07, 6.45) is 4.30. The van der Waals surface area contributed by atoms with Gasteiger partial charge < -0.3 is 14.5 Å². The maximum Gasteiger partial charge on any atom is 0.137 e. The van der Waals surface area contributed by atoms with Crippen molar-refractivity contribution >= 4 is 33.2 Å². The maximum absolute atomic E-state index is 7.00. The van der Waals surface area contributed by atoms with Gasteiger partial charge in [0.05, 0.1) is 17.7 Å². The van der Waals surface area contributed by atoms with Crippen molar-refractivity contribution in [3.05, 3.63) is 192 Å². The van der Waals surface area contributed by atoms with E-state index in [4.69, 9.17) is 9.72 Å². The molecular formula is C59H62N4O. The molecule has 5 nitrogen and oxygen atoms in total. The Morgan fingerprint density at radius 2 is 1.11 bits per heavy atom.